The second-order valence-electron chi connectivity index (χ2n) is 6.25. The number of nitrogens with zero attached hydrogens (tertiary/aromatic N) is 2. The molecule has 2 aromatic carbocycles. The van der Waals surface area contributed by atoms with Crippen molar-refractivity contribution in [1.82, 2.24) is 15.3 Å². The minimum absolute atomic E-state index is 0.571. The Hall–Kier alpha value is -2.90. The number of hydrogen-bond donors (Lipinski definition) is 3. The number of anilines is 3. The molecule has 7 heteroatoms. The Bertz CT molecular complexity index is 740. The van der Waals surface area contributed by atoms with Crippen LogP contribution in [0.25, 0.3) is 0 Å². The van der Waals surface area contributed by atoms with E-state index in [4.69, 9.17) is 0 Å². The molecule has 0 bridgehead atoms. The molecule has 7 nitrogen and oxygen atoms in total. The van der Waals surface area contributed by atoms with E-state index in [0.717, 1.165) is 24.5 Å². The number of benzene rings is 2. The van der Waals surface area contributed by atoms with Crippen molar-refractivity contribution in [2.75, 3.05) is 43.9 Å². The number of carbonyl (C=O) groups excluding carboxylic acids is 2. The van der Waals surface area contributed by atoms with E-state index in [1.807, 2.05) is 49.5 Å². The monoisotopic (exact) mass is 353 g/mol. The first-order valence-electron chi connectivity index (χ1n) is 8.58. The Labute approximate surface area is 152 Å². The van der Waals surface area contributed by atoms with E-state index < -0.39 is 11.8 Å². The van der Waals surface area contributed by atoms with Crippen LogP contribution in [0.3, 0.4) is 0 Å². The number of piperazine rings is 1. The van der Waals surface area contributed by atoms with Crippen LogP contribution in [0.4, 0.5) is 17.1 Å². The summed E-state index contributed by atoms with van der Waals surface area (Å²) in [7, 11) is 2.03. The van der Waals surface area contributed by atoms with Crippen molar-refractivity contribution in [3.8, 4) is 0 Å². The number of likely N-dealkylation sites (N-methyl/N-ethyl adjacent to an activating group) is 1. The maximum atomic E-state index is 12.1. The lowest BCUT2D eigenvalue weighted by molar-refractivity contribution is -0.139. The summed E-state index contributed by atoms with van der Waals surface area (Å²) in [4.78, 5) is 26.2. The molecule has 0 aromatic heterocycles. The van der Waals surface area contributed by atoms with E-state index in [2.05, 4.69) is 21.0 Å². The molecule has 0 unspecified atom stereocenters. The SMILES string of the molecule is CN1CCN(NC(=O)C(=O)Nc2ccc(Nc3ccccc3)cc2)CC1. The van der Waals surface area contributed by atoms with E-state index >= 15 is 0 Å². The summed E-state index contributed by atoms with van der Waals surface area (Å²) in [6, 6.07) is 17.0. The molecule has 0 spiro atoms. The van der Waals surface area contributed by atoms with Crippen molar-refractivity contribution >= 4 is 28.9 Å². The van der Waals surface area contributed by atoms with Crippen LogP contribution in [-0.2, 0) is 9.59 Å². The second-order valence-corrected chi connectivity index (χ2v) is 6.25. The minimum atomic E-state index is -0.673. The Morgan fingerprint density at radius 2 is 1.35 bits per heavy atom. The Balaban J connectivity index is 1.50. The Morgan fingerprint density at radius 3 is 2.00 bits per heavy atom. The minimum Gasteiger partial charge on any atom is -0.356 e. The molecule has 0 aliphatic carbocycles. The van der Waals surface area contributed by atoms with Gasteiger partial charge in [0.05, 0.1) is 0 Å². The van der Waals surface area contributed by atoms with Crippen molar-refractivity contribution in [3.63, 3.8) is 0 Å². The fourth-order valence-corrected chi connectivity index (χ4v) is 2.63. The van der Waals surface area contributed by atoms with Gasteiger partial charge in [-0.1, -0.05) is 18.2 Å². The lowest BCUT2D eigenvalue weighted by Crippen LogP contribution is -2.54. The second kappa shape index (κ2) is 8.46. The molecule has 0 radical (unpaired) electrons. The fourth-order valence-electron chi connectivity index (χ4n) is 2.63. The van der Waals surface area contributed by atoms with Gasteiger partial charge in [0.25, 0.3) is 0 Å². The molecule has 2 aromatic rings. The van der Waals surface area contributed by atoms with E-state index in [1.165, 1.54) is 0 Å². The van der Waals surface area contributed by atoms with Crippen LogP contribution >= 0.6 is 0 Å². The van der Waals surface area contributed by atoms with Crippen molar-refractivity contribution in [3.05, 3.63) is 54.6 Å². The first-order chi connectivity index (χ1) is 12.6. The number of para-hydroxylation sites is 1. The van der Waals surface area contributed by atoms with Crippen molar-refractivity contribution in [2.24, 2.45) is 0 Å². The number of rotatable bonds is 4. The number of carbonyl (C=O) groups is 2. The predicted molar refractivity (Wildman–Crippen MR) is 102 cm³/mol. The molecule has 26 heavy (non-hydrogen) atoms. The highest BCUT2D eigenvalue weighted by atomic mass is 16.2. The maximum absolute atomic E-state index is 12.1. The quantitative estimate of drug-likeness (QED) is 0.729. The molecular weight excluding hydrogens is 330 g/mol. The summed E-state index contributed by atoms with van der Waals surface area (Å²) in [6.07, 6.45) is 0. The lowest BCUT2D eigenvalue weighted by atomic mass is 10.2. The van der Waals surface area contributed by atoms with Gasteiger partial charge in [0, 0.05) is 43.2 Å². The zero-order chi connectivity index (χ0) is 18.4. The summed E-state index contributed by atoms with van der Waals surface area (Å²) in [5.41, 5.74) is 5.10. The number of nitrogens with one attached hydrogen (secondary N) is 3. The third-order valence-corrected chi connectivity index (χ3v) is 4.17. The number of amides is 2. The van der Waals surface area contributed by atoms with Gasteiger partial charge >= 0.3 is 11.8 Å². The van der Waals surface area contributed by atoms with Crippen molar-refractivity contribution < 1.29 is 9.59 Å². The molecule has 0 saturated carbocycles. The summed E-state index contributed by atoms with van der Waals surface area (Å²) >= 11 is 0. The van der Waals surface area contributed by atoms with Gasteiger partial charge in [-0.15, -0.1) is 0 Å². The van der Waals surface area contributed by atoms with Crippen LogP contribution in [0.2, 0.25) is 0 Å². The summed E-state index contributed by atoms with van der Waals surface area (Å²) in [5.74, 6) is -1.33. The molecule has 1 aliphatic rings. The molecule has 1 saturated heterocycles. The largest absolute Gasteiger partial charge is 0.356 e. The highest BCUT2D eigenvalue weighted by Gasteiger charge is 2.20. The van der Waals surface area contributed by atoms with Crippen LogP contribution < -0.4 is 16.1 Å². The zero-order valence-corrected chi connectivity index (χ0v) is 14.7. The summed E-state index contributed by atoms with van der Waals surface area (Å²) in [6.45, 7) is 3.13. The lowest BCUT2D eigenvalue weighted by Gasteiger charge is -2.32. The average Bonchev–Trinajstić information content (AvgIpc) is 2.66. The molecule has 3 rings (SSSR count). The van der Waals surface area contributed by atoms with Crippen LogP contribution in [-0.4, -0.2) is 54.9 Å². The van der Waals surface area contributed by atoms with Crippen molar-refractivity contribution in [2.45, 2.75) is 0 Å². The van der Waals surface area contributed by atoms with Gasteiger partial charge in [0.2, 0.25) is 0 Å². The molecule has 1 heterocycles. The molecular formula is C19H23N5O2. The van der Waals surface area contributed by atoms with Crippen LogP contribution in [0.15, 0.2) is 54.6 Å². The maximum Gasteiger partial charge on any atom is 0.323 e. The van der Waals surface area contributed by atoms with Gasteiger partial charge < -0.3 is 15.5 Å². The number of hydrazine groups is 1. The van der Waals surface area contributed by atoms with Gasteiger partial charge in [0.1, 0.15) is 0 Å². The van der Waals surface area contributed by atoms with Crippen molar-refractivity contribution in [1.29, 1.82) is 0 Å². The van der Waals surface area contributed by atoms with Gasteiger partial charge in [0.15, 0.2) is 0 Å². The van der Waals surface area contributed by atoms with E-state index in [-0.39, 0.29) is 0 Å². The van der Waals surface area contributed by atoms with Crippen LogP contribution in [0.5, 0.6) is 0 Å². The zero-order valence-electron chi connectivity index (χ0n) is 14.7. The van der Waals surface area contributed by atoms with E-state index in [9.17, 15) is 9.59 Å². The highest BCUT2D eigenvalue weighted by molar-refractivity contribution is 6.39. The highest BCUT2D eigenvalue weighted by Crippen LogP contribution is 2.18. The van der Waals surface area contributed by atoms with Gasteiger partial charge in [-0.25, -0.2) is 5.01 Å². The van der Waals surface area contributed by atoms with E-state index in [0.29, 0.717) is 18.8 Å². The normalized spacial score (nSPS) is 15.3. The molecule has 3 N–H and O–H groups in total. The van der Waals surface area contributed by atoms with Gasteiger partial charge in [-0.2, -0.15) is 0 Å². The smallest absolute Gasteiger partial charge is 0.323 e. The Kier molecular flexibility index (Phi) is 5.83. The summed E-state index contributed by atoms with van der Waals surface area (Å²) in [5, 5.41) is 7.65. The van der Waals surface area contributed by atoms with Gasteiger partial charge in [-0.05, 0) is 43.4 Å². The third-order valence-electron chi connectivity index (χ3n) is 4.17. The molecule has 1 aliphatic heterocycles. The van der Waals surface area contributed by atoms with Crippen LogP contribution in [0.1, 0.15) is 0 Å². The Morgan fingerprint density at radius 1 is 0.769 bits per heavy atom. The fraction of sp³-hybridized carbons (Fsp3) is 0.263. The first kappa shape index (κ1) is 17.9. The standard InChI is InChI=1S/C19H23N5O2/c1-23-11-13-24(14-12-23)22-19(26)18(25)21-17-9-7-16(8-10-17)20-15-5-3-2-4-6-15/h2-10,20H,11-14H2,1H3,(H,21,25)(H,22,26). The number of hydrogen-bond acceptors (Lipinski definition) is 5. The predicted octanol–water partition coefficient (Wildman–Crippen LogP) is 1.65. The first-order valence-corrected chi connectivity index (χ1v) is 8.58. The molecule has 136 valence electrons. The average molecular weight is 353 g/mol. The molecule has 0 atom stereocenters. The van der Waals surface area contributed by atoms with Crippen LogP contribution in [0, 0.1) is 0 Å². The van der Waals surface area contributed by atoms with E-state index in [1.54, 1.807) is 17.1 Å². The summed E-state index contributed by atoms with van der Waals surface area (Å²) < 4.78 is 0. The topological polar surface area (TPSA) is 76.7 Å². The third kappa shape index (κ3) is 5.05. The van der Waals surface area contributed by atoms with Gasteiger partial charge in [-0.3, -0.25) is 15.0 Å². The molecule has 2 amide bonds. The molecule has 1 fully saturated rings.